The molecule has 0 aliphatic carbocycles. The van der Waals surface area contributed by atoms with Crippen molar-refractivity contribution in [2.75, 3.05) is 11.9 Å². The molecule has 24 heavy (non-hydrogen) atoms. The van der Waals surface area contributed by atoms with Crippen molar-refractivity contribution < 1.29 is 19.1 Å². The number of halogens is 2. The Kier molecular flexibility index (Phi) is 6.73. The fourth-order valence-electron chi connectivity index (χ4n) is 2.36. The molecule has 0 fully saturated rings. The van der Waals surface area contributed by atoms with Crippen LogP contribution in [-0.4, -0.2) is 23.5 Å². The number of carbonyl (C=O) groups is 2. The maximum Gasteiger partial charge on any atom is 0.312 e. The molecular formula is C17H18ClFN2O3. The zero-order valence-corrected chi connectivity index (χ0v) is 13.8. The molecule has 1 amide bonds. The molecule has 0 saturated heterocycles. The van der Waals surface area contributed by atoms with Gasteiger partial charge in [-0.3, -0.25) is 9.59 Å². The first-order chi connectivity index (χ1) is 10.9. The number of fused-ring (bicyclic) bond motifs is 1. The standard InChI is InChI=1S/C9H9NO2.C8H8FNO.ClH/c11-9(12)7-5-10-8-4-2-1-3-6(7)8;1-5-2-3-6(9)4-7(5)8(10)11;/h1-4,7,10H,5H2,(H,11,12);2-4H,1H3,(H2,10,11);1H. The number of benzene rings is 2. The molecule has 2 aromatic carbocycles. The summed E-state index contributed by atoms with van der Waals surface area (Å²) in [7, 11) is 0. The maximum absolute atomic E-state index is 12.5. The molecule has 1 unspecified atom stereocenters. The van der Waals surface area contributed by atoms with E-state index in [9.17, 15) is 14.0 Å². The Morgan fingerprint density at radius 1 is 1.25 bits per heavy atom. The topological polar surface area (TPSA) is 92.4 Å². The third kappa shape index (κ3) is 4.45. The quantitative estimate of drug-likeness (QED) is 0.774. The fourth-order valence-corrected chi connectivity index (χ4v) is 2.36. The number of carboxylic acid groups (broad SMARTS) is 1. The number of aryl methyl sites for hydroxylation is 1. The van der Waals surface area contributed by atoms with Crippen molar-refractivity contribution in [3.8, 4) is 0 Å². The summed E-state index contributed by atoms with van der Waals surface area (Å²) < 4.78 is 12.5. The molecule has 0 aromatic heterocycles. The van der Waals surface area contributed by atoms with Gasteiger partial charge in [0.05, 0.1) is 0 Å². The van der Waals surface area contributed by atoms with Gasteiger partial charge in [-0.1, -0.05) is 24.3 Å². The second-order valence-corrected chi connectivity index (χ2v) is 5.18. The number of carbonyl (C=O) groups excluding carboxylic acids is 1. The van der Waals surface area contributed by atoms with E-state index in [0.29, 0.717) is 12.1 Å². The van der Waals surface area contributed by atoms with Crippen molar-refractivity contribution in [1.82, 2.24) is 0 Å². The van der Waals surface area contributed by atoms with Crippen LogP contribution in [0.25, 0.3) is 0 Å². The first-order valence-corrected chi connectivity index (χ1v) is 7.01. The van der Waals surface area contributed by atoms with Crippen molar-refractivity contribution in [3.63, 3.8) is 0 Å². The van der Waals surface area contributed by atoms with Gasteiger partial charge < -0.3 is 16.2 Å². The van der Waals surface area contributed by atoms with Crippen LogP contribution in [0.15, 0.2) is 42.5 Å². The fraction of sp³-hybridized carbons (Fsp3) is 0.176. The molecular weight excluding hydrogens is 335 g/mol. The number of nitrogens with two attached hydrogens (primary N) is 1. The lowest BCUT2D eigenvalue weighted by Gasteiger charge is -2.01. The van der Waals surface area contributed by atoms with Crippen molar-refractivity contribution in [2.24, 2.45) is 5.73 Å². The number of anilines is 1. The molecule has 1 aliphatic heterocycles. The molecule has 2 aromatic rings. The molecule has 0 saturated carbocycles. The minimum absolute atomic E-state index is 0. The van der Waals surface area contributed by atoms with Crippen LogP contribution in [0.1, 0.15) is 27.4 Å². The predicted molar refractivity (Wildman–Crippen MR) is 92.2 cm³/mol. The van der Waals surface area contributed by atoms with Gasteiger partial charge in [-0.2, -0.15) is 0 Å². The van der Waals surface area contributed by atoms with Crippen LogP contribution in [0.3, 0.4) is 0 Å². The highest BCUT2D eigenvalue weighted by Gasteiger charge is 2.27. The number of hydrogen-bond acceptors (Lipinski definition) is 3. The summed E-state index contributed by atoms with van der Waals surface area (Å²) >= 11 is 0. The first-order valence-electron chi connectivity index (χ1n) is 7.01. The van der Waals surface area contributed by atoms with E-state index in [1.165, 1.54) is 12.1 Å². The van der Waals surface area contributed by atoms with Crippen LogP contribution < -0.4 is 11.1 Å². The number of rotatable bonds is 2. The summed E-state index contributed by atoms with van der Waals surface area (Å²) in [5.41, 5.74) is 7.75. The third-order valence-corrected chi connectivity index (χ3v) is 3.60. The molecule has 7 heteroatoms. The van der Waals surface area contributed by atoms with Crippen LogP contribution in [-0.2, 0) is 4.79 Å². The van der Waals surface area contributed by atoms with Gasteiger partial charge in [0.2, 0.25) is 5.91 Å². The van der Waals surface area contributed by atoms with E-state index in [4.69, 9.17) is 10.8 Å². The summed E-state index contributed by atoms with van der Waals surface area (Å²) in [6.07, 6.45) is 0. The van der Waals surface area contributed by atoms with E-state index >= 15 is 0 Å². The SMILES string of the molecule is Cc1ccc(F)cc1C(N)=O.Cl.O=C(O)C1CNc2ccccc21. The van der Waals surface area contributed by atoms with Crippen LogP contribution in [0.5, 0.6) is 0 Å². The van der Waals surface area contributed by atoms with Gasteiger partial charge in [-0.15, -0.1) is 12.4 Å². The number of carboxylic acids is 1. The van der Waals surface area contributed by atoms with Gasteiger partial charge in [-0.25, -0.2) is 4.39 Å². The van der Waals surface area contributed by atoms with Crippen molar-refractivity contribution in [1.29, 1.82) is 0 Å². The Morgan fingerprint density at radius 3 is 2.50 bits per heavy atom. The summed E-state index contributed by atoms with van der Waals surface area (Å²) in [5.74, 6) is -2.17. The molecule has 128 valence electrons. The van der Waals surface area contributed by atoms with Gasteiger partial charge >= 0.3 is 5.97 Å². The highest BCUT2D eigenvalue weighted by atomic mass is 35.5. The monoisotopic (exact) mass is 352 g/mol. The largest absolute Gasteiger partial charge is 0.481 e. The first kappa shape index (κ1) is 19.4. The van der Waals surface area contributed by atoms with Crippen LogP contribution in [0, 0.1) is 12.7 Å². The molecule has 3 rings (SSSR count). The van der Waals surface area contributed by atoms with Crippen LogP contribution in [0.2, 0.25) is 0 Å². The lowest BCUT2D eigenvalue weighted by atomic mass is 10.0. The van der Waals surface area contributed by atoms with Crippen molar-refractivity contribution in [3.05, 3.63) is 65.0 Å². The molecule has 0 spiro atoms. The zero-order valence-electron chi connectivity index (χ0n) is 13.0. The predicted octanol–water partition coefficient (Wildman–Crippen LogP) is 2.94. The number of para-hydroxylation sites is 1. The Balaban J connectivity index is 0.000000232. The molecule has 1 heterocycles. The number of primary amides is 1. The molecule has 5 nitrogen and oxygen atoms in total. The minimum atomic E-state index is -0.757. The average molecular weight is 353 g/mol. The summed E-state index contributed by atoms with van der Waals surface area (Å²) in [5, 5.41) is 11.9. The Morgan fingerprint density at radius 2 is 1.92 bits per heavy atom. The lowest BCUT2D eigenvalue weighted by molar-refractivity contribution is -0.138. The highest BCUT2D eigenvalue weighted by molar-refractivity contribution is 5.94. The minimum Gasteiger partial charge on any atom is -0.481 e. The van der Waals surface area contributed by atoms with E-state index in [2.05, 4.69) is 5.32 Å². The summed E-state index contributed by atoms with van der Waals surface area (Å²) in [6, 6.07) is 11.5. The van der Waals surface area contributed by atoms with E-state index in [1.807, 2.05) is 24.3 Å². The van der Waals surface area contributed by atoms with E-state index in [1.54, 1.807) is 6.92 Å². The van der Waals surface area contributed by atoms with Crippen molar-refractivity contribution >= 4 is 30.0 Å². The average Bonchev–Trinajstić information content (AvgIpc) is 2.94. The number of aliphatic carboxylic acids is 1. The smallest absolute Gasteiger partial charge is 0.312 e. The Labute approximate surface area is 145 Å². The molecule has 1 atom stereocenters. The van der Waals surface area contributed by atoms with E-state index < -0.39 is 17.7 Å². The second-order valence-electron chi connectivity index (χ2n) is 5.18. The van der Waals surface area contributed by atoms with Crippen LogP contribution >= 0.6 is 12.4 Å². The van der Waals surface area contributed by atoms with Gasteiger partial charge in [0, 0.05) is 17.8 Å². The van der Waals surface area contributed by atoms with Gasteiger partial charge in [0.25, 0.3) is 0 Å². The van der Waals surface area contributed by atoms with Crippen LogP contribution in [0.4, 0.5) is 10.1 Å². The molecule has 1 aliphatic rings. The zero-order chi connectivity index (χ0) is 17.0. The Hall–Kier alpha value is -2.60. The lowest BCUT2D eigenvalue weighted by Crippen LogP contribution is -2.12. The summed E-state index contributed by atoms with van der Waals surface area (Å²) in [6.45, 7) is 2.22. The normalized spacial score (nSPS) is 14.3. The number of hydrogen-bond donors (Lipinski definition) is 3. The highest BCUT2D eigenvalue weighted by Crippen LogP contribution is 2.30. The Bertz CT molecular complexity index is 752. The molecule has 4 N–H and O–H groups in total. The van der Waals surface area contributed by atoms with Gasteiger partial charge in [0.15, 0.2) is 0 Å². The van der Waals surface area contributed by atoms with E-state index in [0.717, 1.165) is 17.3 Å². The maximum atomic E-state index is 12.5. The second kappa shape index (κ2) is 8.31. The van der Waals surface area contributed by atoms with Crippen molar-refractivity contribution in [2.45, 2.75) is 12.8 Å². The summed E-state index contributed by atoms with van der Waals surface area (Å²) in [4.78, 5) is 21.4. The molecule has 0 radical (unpaired) electrons. The van der Waals surface area contributed by atoms with E-state index in [-0.39, 0.29) is 23.9 Å². The third-order valence-electron chi connectivity index (χ3n) is 3.60. The number of nitrogens with one attached hydrogen (secondary N) is 1. The van der Waals surface area contributed by atoms with Gasteiger partial charge in [0.1, 0.15) is 11.7 Å². The molecule has 0 bridgehead atoms. The number of amides is 1. The van der Waals surface area contributed by atoms with Gasteiger partial charge in [-0.05, 0) is 36.2 Å².